The number of hydrogen-bond acceptors (Lipinski definition) is 6. The molecular formula is C13H17O6P. The number of carbonyl (C=O) groups excluding carboxylic acids is 2. The van der Waals surface area contributed by atoms with E-state index in [2.05, 4.69) is 0 Å². The van der Waals surface area contributed by atoms with Crippen molar-refractivity contribution in [2.75, 3.05) is 13.0 Å². The molecule has 0 bridgehead atoms. The fourth-order valence-corrected chi connectivity index (χ4v) is 2.35. The van der Waals surface area contributed by atoms with Crippen molar-refractivity contribution in [1.82, 2.24) is 0 Å². The first-order valence-electron chi connectivity index (χ1n) is 6.08. The number of para-hydroxylation sites is 1. The smallest absolute Gasteiger partial charge is 0.334 e. The quantitative estimate of drug-likeness (QED) is 0.417. The molecule has 1 unspecified atom stereocenters. The third-order valence-electron chi connectivity index (χ3n) is 2.29. The third kappa shape index (κ3) is 5.15. The van der Waals surface area contributed by atoms with Crippen molar-refractivity contribution in [1.29, 1.82) is 0 Å². The second-order valence-corrected chi connectivity index (χ2v) is 6.03. The molecule has 0 radical (unpaired) electrons. The van der Waals surface area contributed by atoms with Gasteiger partial charge in [-0.25, -0.2) is 4.79 Å². The van der Waals surface area contributed by atoms with Gasteiger partial charge in [0.15, 0.2) is 6.10 Å². The average molecular weight is 300 g/mol. The standard InChI is InChI=1S/C13H17O6P/c1-3-17-13(15)11(2)18-10-20(16,9-14)19-12-7-5-4-6-8-12/h4-9,11H,3,10H2,1-2H3/t11-,20?/m1/s1. The number of hydrogen-bond donors (Lipinski definition) is 0. The van der Waals surface area contributed by atoms with Crippen LogP contribution in [0.4, 0.5) is 0 Å². The zero-order valence-corrected chi connectivity index (χ0v) is 12.2. The normalized spacial score (nSPS) is 14.9. The maximum atomic E-state index is 12.2. The molecular weight excluding hydrogens is 283 g/mol. The molecule has 2 atom stereocenters. The number of rotatable bonds is 8. The van der Waals surface area contributed by atoms with Crippen LogP contribution >= 0.6 is 7.37 Å². The van der Waals surface area contributed by atoms with Crippen molar-refractivity contribution in [2.45, 2.75) is 20.0 Å². The highest BCUT2D eigenvalue weighted by Crippen LogP contribution is 2.44. The second-order valence-electron chi connectivity index (χ2n) is 3.93. The van der Waals surface area contributed by atoms with Gasteiger partial charge in [-0.15, -0.1) is 0 Å². The predicted octanol–water partition coefficient (Wildman–Crippen LogP) is 2.46. The summed E-state index contributed by atoms with van der Waals surface area (Å²) < 4.78 is 27.1. The van der Waals surface area contributed by atoms with Gasteiger partial charge < -0.3 is 14.0 Å². The van der Waals surface area contributed by atoms with Gasteiger partial charge in [0.25, 0.3) is 0 Å². The summed E-state index contributed by atoms with van der Waals surface area (Å²) in [6.45, 7) is 3.34. The van der Waals surface area contributed by atoms with Crippen molar-refractivity contribution >= 4 is 19.4 Å². The Hall–Kier alpha value is -1.65. The monoisotopic (exact) mass is 300 g/mol. The highest BCUT2D eigenvalue weighted by molar-refractivity contribution is 7.73. The SMILES string of the molecule is CCOC(=O)[C@@H](C)OCP(=O)(C=O)Oc1ccccc1. The minimum absolute atomic E-state index is 0.220. The molecule has 0 saturated heterocycles. The summed E-state index contributed by atoms with van der Waals surface area (Å²) in [4.78, 5) is 22.3. The van der Waals surface area contributed by atoms with Crippen LogP contribution in [0.15, 0.2) is 30.3 Å². The van der Waals surface area contributed by atoms with Gasteiger partial charge in [-0.3, -0.25) is 9.36 Å². The van der Waals surface area contributed by atoms with E-state index in [1.165, 1.54) is 6.92 Å². The Morgan fingerprint density at radius 1 is 1.35 bits per heavy atom. The first-order valence-corrected chi connectivity index (χ1v) is 7.96. The molecule has 0 saturated carbocycles. The highest BCUT2D eigenvalue weighted by Gasteiger charge is 2.27. The molecule has 0 spiro atoms. The summed E-state index contributed by atoms with van der Waals surface area (Å²) in [7, 11) is -3.65. The number of benzene rings is 1. The Bertz CT molecular complexity index is 487. The Labute approximate surface area is 117 Å². The lowest BCUT2D eigenvalue weighted by molar-refractivity contribution is -0.154. The van der Waals surface area contributed by atoms with Crippen molar-refractivity contribution in [2.24, 2.45) is 0 Å². The van der Waals surface area contributed by atoms with Crippen molar-refractivity contribution in [3.8, 4) is 5.75 Å². The molecule has 0 aliphatic heterocycles. The van der Waals surface area contributed by atoms with Gasteiger partial charge in [0.1, 0.15) is 12.1 Å². The zero-order chi connectivity index (χ0) is 15.0. The Morgan fingerprint density at radius 3 is 2.55 bits per heavy atom. The predicted molar refractivity (Wildman–Crippen MR) is 73.5 cm³/mol. The van der Waals surface area contributed by atoms with E-state index in [4.69, 9.17) is 14.0 Å². The van der Waals surface area contributed by atoms with Crippen LogP contribution in [-0.2, 0) is 23.6 Å². The minimum atomic E-state index is -3.65. The number of ether oxygens (including phenoxy) is 2. The molecule has 0 heterocycles. The average Bonchev–Trinajstić information content (AvgIpc) is 2.46. The van der Waals surface area contributed by atoms with Crippen LogP contribution < -0.4 is 4.52 Å². The lowest BCUT2D eigenvalue weighted by atomic mass is 10.3. The Balaban J connectivity index is 2.60. The summed E-state index contributed by atoms with van der Waals surface area (Å²) in [5.74, 6) is -0.278. The number of esters is 1. The first kappa shape index (κ1) is 16.4. The zero-order valence-electron chi connectivity index (χ0n) is 11.4. The summed E-state index contributed by atoms with van der Waals surface area (Å²) in [6, 6.07) is 8.50. The van der Waals surface area contributed by atoms with E-state index in [1.807, 2.05) is 0 Å². The molecule has 110 valence electrons. The maximum absolute atomic E-state index is 12.2. The fraction of sp³-hybridized carbons (Fsp3) is 0.385. The van der Waals surface area contributed by atoms with E-state index in [0.717, 1.165) is 0 Å². The summed E-state index contributed by atoms with van der Waals surface area (Å²) in [5.41, 5.74) is 0. The van der Waals surface area contributed by atoms with E-state index in [9.17, 15) is 14.2 Å². The fourth-order valence-electron chi connectivity index (χ4n) is 1.28. The molecule has 1 aromatic rings. The largest absolute Gasteiger partial charge is 0.464 e. The van der Waals surface area contributed by atoms with Gasteiger partial charge in [-0.2, -0.15) is 0 Å². The summed E-state index contributed by atoms with van der Waals surface area (Å²) >= 11 is 0. The van der Waals surface area contributed by atoms with Gasteiger partial charge >= 0.3 is 13.3 Å². The maximum Gasteiger partial charge on any atom is 0.334 e. The minimum Gasteiger partial charge on any atom is -0.464 e. The van der Waals surface area contributed by atoms with Crippen LogP contribution in [0.25, 0.3) is 0 Å². The van der Waals surface area contributed by atoms with Crippen LogP contribution in [0.2, 0.25) is 0 Å². The van der Waals surface area contributed by atoms with Crippen LogP contribution in [-0.4, -0.2) is 31.1 Å². The van der Waals surface area contributed by atoms with E-state index >= 15 is 0 Å². The molecule has 0 fully saturated rings. The van der Waals surface area contributed by atoms with Gasteiger partial charge in [-0.1, -0.05) is 18.2 Å². The second kappa shape index (κ2) is 7.82. The first-order chi connectivity index (χ1) is 9.50. The molecule has 1 aromatic carbocycles. The molecule has 0 N–H and O–H groups in total. The summed E-state index contributed by atoms with van der Waals surface area (Å²) in [6.07, 6.45) is -1.40. The Kier molecular flexibility index (Phi) is 6.42. The lowest BCUT2D eigenvalue weighted by Crippen LogP contribution is -2.24. The van der Waals surface area contributed by atoms with Gasteiger partial charge in [0.2, 0.25) is 6.03 Å². The van der Waals surface area contributed by atoms with E-state index in [0.29, 0.717) is 5.75 Å². The van der Waals surface area contributed by atoms with Crippen LogP contribution in [0.5, 0.6) is 5.75 Å². The van der Waals surface area contributed by atoms with Crippen LogP contribution in [0.1, 0.15) is 13.8 Å². The molecule has 0 aromatic heterocycles. The van der Waals surface area contributed by atoms with Crippen molar-refractivity contribution in [3.63, 3.8) is 0 Å². The highest BCUT2D eigenvalue weighted by atomic mass is 31.2. The summed E-state index contributed by atoms with van der Waals surface area (Å²) in [5, 5.41) is 0. The topological polar surface area (TPSA) is 78.9 Å². The van der Waals surface area contributed by atoms with E-state index in [-0.39, 0.29) is 12.6 Å². The van der Waals surface area contributed by atoms with Gasteiger partial charge in [-0.05, 0) is 26.0 Å². The molecule has 1 rings (SSSR count). The van der Waals surface area contributed by atoms with Crippen LogP contribution in [0, 0.1) is 0 Å². The van der Waals surface area contributed by atoms with Gasteiger partial charge in [0.05, 0.1) is 6.61 Å². The lowest BCUT2D eigenvalue weighted by Gasteiger charge is -2.16. The Morgan fingerprint density at radius 2 is 2.00 bits per heavy atom. The molecule has 7 heteroatoms. The number of carbonyl (C=O) groups is 2. The molecule has 0 amide bonds. The van der Waals surface area contributed by atoms with E-state index < -0.39 is 25.8 Å². The van der Waals surface area contributed by atoms with Crippen LogP contribution in [0.3, 0.4) is 0 Å². The van der Waals surface area contributed by atoms with Crippen molar-refractivity contribution < 1.29 is 28.2 Å². The van der Waals surface area contributed by atoms with Crippen molar-refractivity contribution in [3.05, 3.63) is 30.3 Å². The van der Waals surface area contributed by atoms with E-state index in [1.54, 1.807) is 37.3 Å². The molecule has 6 nitrogen and oxygen atoms in total. The third-order valence-corrected chi connectivity index (χ3v) is 3.64. The molecule has 0 aliphatic rings. The van der Waals surface area contributed by atoms with Gasteiger partial charge in [0, 0.05) is 0 Å². The molecule has 20 heavy (non-hydrogen) atoms. The molecule has 0 aliphatic carbocycles.